The van der Waals surface area contributed by atoms with Crippen LogP contribution in [0.1, 0.15) is 43.3 Å². The van der Waals surface area contributed by atoms with Crippen LogP contribution < -0.4 is 10.2 Å². The molecule has 2 atom stereocenters. The summed E-state index contributed by atoms with van der Waals surface area (Å²) in [6, 6.07) is 1.06. The molecule has 0 aromatic carbocycles. The molecular formula is C12H21N3S. The van der Waals surface area contributed by atoms with E-state index in [1.165, 1.54) is 35.1 Å². The zero-order chi connectivity index (χ0) is 11.7. The third-order valence-electron chi connectivity index (χ3n) is 3.45. The van der Waals surface area contributed by atoms with E-state index in [4.69, 9.17) is 4.98 Å². The lowest BCUT2D eigenvalue weighted by Gasteiger charge is -2.19. The van der Waals surface area contributed by atoms with Gasteiger partial charge in [-0.2, -0.15) is 0 Å². The van der Waals surface area contributed by atoms with E-state index >= 15 is 0 Å². The van der Waals surface area contributed by atoms with Gasteiger partial charge >= 0.3 is 0 Å². The van der Waals surface area contributed by atoms with E-state index in [0.717, 1.165) is 0 Å². The minimum atomic E-state index is 0.407. The third kappa shape index (κ3) is 2.09. The third-order valence-corrected chi connectivity index (χ3v) is 4.82. The Morgan fingerprint density at radius 2 is 2.31 bits per heavy atom. The maximum atomic E-state index is 4.72. The molecule has 1 aliphatic heterocycles. The fourth-order valence-corrected chi connectivity index (χ4v) is 3.52. The van der Waals surface area contributed by atoms with Crippen molar-refractivity contribution in [3.05, 3.63) is 10.6 Å². The van der Waals surface area contributed by atoms with Crippen molar-refractivity contribution in [2.75, 3.05) is 18.5 Å². The highest BCUT2D eigenvalue weighted by Crippen LogP contribution is 2.34. The molecule has 0 aliphatic carbocycles. The number of aryl methyl sites for hydroxylation is 1. The summed E-state index contributed by atoms with van der Waals surface area (Å²) in [6.45, 7) is 7.77. The van der Waals surface area contributed by atoms with Crippen molar-refractivity contribution in [2.24, 2.45) is 0 Å². The second-order valence-corrected chi connectivity index (χ2v) is 5.65. The number of hydrogen-bond donors (Lipinski definition) is 1. The van der Waals surface area contributed by atoms with E-state index in [1.54, 1.807) is 0 Å². The Kier molecular flexibility index (Phi) is 3.50. The van der Waals surface area contributed by atoms with Crippen LogP contribution in [-0.4, -0.2) is 24.6 Å². The molecule has 0 radical (unpaired) electrons. The minimum absolute atomic E-state index is 0.407. The zero-order valence-electron chi connectivity index (χ0n) is 10.6. The van der Waals surface area contributed by atoms with E-state index in [0.29, 0.717) is 12.1 Å². The van der Waals surface area contributed by atoms with E-state index in [-0.39, 0.29) is 0 Å². The molecule has 0 saturated carbocycles. The molecule has 90 valence electrons. The van der Waals surface area contributed by atoms with Gasteiger partial charge in [-0.1, -0.05) is 0 Å². The Bertz CT molecular complexity index is 361. The minimum Gasteiger partial charge on any atom is -0.345 e. The van der Waals surface area contributed by atoms with Crippen LogP contribution in [0.25, 0.3) is 0 Å². The maximum absolute atomic E-state index is 4.72. The molecule has 2 rings (SSSR count). The molecule has 2 heterocycles. The van der Waals surface area contributed by atoms with Crippen LogP contribution in [0.5, 0.6) is 0 Å². The lowest BCUT2D eigenvalue weighted by molar-refractivity contribution is 0.658. The fourth-order valence-electron chi connectivity index (χ4n) is 2.27. The first kappa shape index (κ1) is 11.9. The summed E-state index contributed by atoms with van der Waals surface area (Å²) in [6.07, 6.45) is 2.60. The summed E-state index contributed by atoms with van der Waals surface area (Å²) >= 11 is 1.85. The van der Waals surface area contributed by atoms with Gasteiger partial charge in [-0.05, 0) is 40.7 Å². The second-order valence-electron chi connectivity index (χ2n) is 4.64. The van der Waals surface area contributed by atoms with Crippen LogP contribution in [0.4, 0.5) is 5.13 Å². The van der Waals surface area contributed by atoms with Crippen molar-refractivity contribution in [3.8, 4) is 0 Å². The summed E-state index contributed by atoms with van der Waals surface area (Å²) in [5.41, 5.74) is 1.18. The average Bonchev–Trinajstić information content (AvgIpc) is 2.83. The highest BCUT2D eigenvalue weighted by Gasteiger charge is 2.24. The van der Waals surface area contributed by atoms with Gasteiger partial charge in [-0.25, -0.2) is 4.98 Å². The van der Waals surface area contributed by atoms with Gasteiger partial charge in [0.25, 0.3) is 0 Å². The van der Waals surface area contributed by atoms with Gasteiger partial charge in [0.15, 0.2) is 5.13 Å². The van der Waals surface area contributed by atoms with E-state index in [1.807, 2.05) is 18.4 Å². The van der Waals surface area contributed by atoms with Gasteiger partial charge in [0, 0.05) is 23.5 Å². The topological polar surface area (TPSA) is 28.2 Å². The van der Waals surface area contributed by atoms with Gasteiger partial charge in [-0.15, -0.1) is 11.3 Å². The molecule has 1 aliphatic rings. The van der Waals surface area contributed by atoms with Gasteiger partial charge in [0.05, 0.1) is 5.69 Å². The average molecular weight is 239 g/mol. The monoisotopic (exact) mass is 239 g/mol. The summed E-state index contributed by atoms with van der Waals surface area (Å²) in [5.74, 6) is 0. The quantitative estimate of drug-likeness (QED) is 0.879. The Labute approximate surface area is 102 Å². The molecule has 1 fully saturated rings. The van der Waals surface area contributed by atoms with Crippen molar-refractivity contribution in [3.63, 3.8) is 0 Å². The first-order valence-electron chi connectivity index (χ1n) is 6.04. The Morgan fingerprint density at radius 3 is 2.88 bits per heavy atom. The van der Waals surface area contributed by atoms with Crippen molar-refractivity contribution in [2.45, 2.75) is 45.7 Å². The number of aromatic nitrogens is 1. The molecular weight excluding hydrogens is 218 g/mol. The van der Waals surface area contributed by atoms with Crippen molar-refractivity contribution < 1.29 is 0 Å². The Balaban J connectivity index is 2.23. The van der Waals surface area contributed by atoms with Crippen molar-refractivity contribution >= 4 is 16.5 Å². The Hall–Kier alpha value is -0.610. The predicted octanol–water partition coefficient (Wildman–Crippen LogP) is 2.72. The summed E-state index contributed by atoms with van der Waals surface area (Å²) in [4.78, 5) is 8.54. The molecule has 3 nitrogen and oxygen atoms in total. The summed E-state index contributed by atoms with van der Waals surface area (Å²) in [7, 11) is 2.00. The molecule has 1 N–H and O–H groups in total. The summed E-state index contributed by atoms with van der Waals surface area (Å²) < 4.78 is 0. The van der Waals surface area contributed by atoms with Gasteiger partial charge in [-0.3, -0.25) is 0 Å². The highest BCUT2D eigenvalue weighted by atomic mass is 32.1. The van der Waals surface area contributed by atoms with Gasteiger partial charge in [0.2, 0.25) is 0 Å². The number of thiazole rings is 1. The zero-order valence-corrected chi connectivity index (χ0v) is 11.4. The van der Waals surface area contributed by atoms with Crippen LogP contribution >= 0.6 is 11.3 Å². The number of hydrogen-bond acceptors (Lipinski definition) is 4. The van der Waals surface area contributed by atoms with E-state index in [2.05, 4.69) is 31.0 Å². The van der Waals surface area contributed by atoms with Crippen molar-refractivity contribution in [1.29, 1.82) is 0 Å². The van der Waals surface area contributed by atoms with Crippen LogP contribution in [0.15, 0.2) is 0 Å². The largest absolute Gasteiger partial charge is 0.345 e. The molecule has 16 heavy (non-hydrogen) atoms. The number of anilines is 1. The fraction of sp³-hybridized carbons (Fsp3) is 0.750. The highest BCUT2D eigenvalue weighted by molar-refractivity contribution is 7.15. The van der Waals surface area contributed by atoms with E-state index < -0.39 is 0 Å². The Morgan fingerprint density at radius 1 is 1.56 bits per heavy atom. The van der Waals surface area contributed by atoms with Crippen LogP contribution in [0.2, 0.25) is 0 Å². The molecule has 0 spiro atoms. The molecule has 2 unspecified atom stereocenters. The maximum Gasteiger partial charge on any atom is 0.186 e. The lowest BCUT2D eigenvalue weighted by Crippen LogP contribution is -2.25. The SMILES string of the molecule is CNC(C)c1sc(N2CCCC2C)nc1C. The number of nitrogens with one attached hydrogen (secondary N) is 1. The van der Waals surface area contributed by atoms with E-state index in [9.17, 15) is 0 Å². The van der Waals surface area contributed by atoms with Gasteiger partial charge in [0.1, 0.15) is 0 Å². The molecule has 1 aromatic heterocycles. The number of rotatable bonds is 3. The number of nitrogens with zero attached hydrogens (tertiary/aromatic N) is 2. The first-order valence-corrected chi connectivity index (χ1v) is 6.86. The molecule has 1 aromatic rings. The van der Waals surface area contributed by atoms with Crippen molar-refractivity contribution in [1.82, 2.24) is 10.3 Å². The molecule has 0 bridgehead atoms. The predicted molar refractivity (Wildman–Crippen MR) is 70.4 cm³/mol. The molecule has 0 amide bonds. The van der Waals surface area contributed by atoms with Gasteiger partial charge < -0.3 is 10.2 Å². The smallest absolute Gasteiger partial charge is 0.186 e. The standard InChI is InChI=1S/C12H21N3S/c1-8-6-5-7-15(8)12-14-10(3)11(16-12)9(2)13-4/h8-9,13H,5-7H2,1-4H3. The van der Waals surface area contributed by atoms with Crippen LogP contribution in [0, 0.1) is 6.92 Å². The first-order chi connectivity index (χ1) is 7.63. The summed E-state index contributed by atoms with van der Waals surface area (Å²) in [5, 5.41) is 4.50. The normalized spacial score (nSPS) is 22.8. The second kappa shape index (κ2) is 4.72. The van der Waals surface area contributed by atoms with Crippen LogP contribution in [0.3, 0.4) is 0 Å². The molecule has 1 saturated heterocycles. The lowest BCUT2D eigenvalue weighted by atomic mass is 10.2. The van der Waals surface area contributed by atoms with Crippen LogP contribution in [-0.2, 0) is 0 Å². The molecule has 4 heteroatoms.